The molecule has 1 aromatic rings. The molecule has 0 radical (unpaired) electrons. The summed E-state index contributed by atoms with van der Waals surface area (Å²) in [5.74, 6) is 0.474. The van der Waals surface area contributed by atoms with Gasteiger partial charge in [-0.1, -0.05) is 0 Å². The number of carbonyl (C=O) groups is 1. The first kappa shape index (κ1) is 14.9. The highest BCUT2D eigenvalue weighted by Crippen LogP contribution is 2.33. The summed E-state index contributed by atoms with van der Waals surface area (Å²) < 4.78 is 5.34. The number of carbonyl (C=O) groups excluding carboxylic acids is 1. The molecular formula is C14H22N4O2. The van der Waals surface area contributed by atoms with Crippen molar-refractivity contribution in [2.45, 2.75) is 38.3 Å². The Kier molecular flexibility index (Phi) is 4.67. The highest BCUT2D eigenvalue weighted by atomic mass is 16.5. The molecular weight excluding hydrogens is 256 g/mol. The Morgan fingerprint density at radius 2 is 2.40 bits per heavy atom. The van der Waals surface area contributed by atoms with Crippen LogP contribution in [0.5, 0.6) is 0 Å². The van der Waals surface area contributed by atoms with Crippen molar-refractivity contribution < 1.29 is 9.53 Å². The predicted octanol–water partition coefficient (Wildman–Crippen LogP) is 0.641. The van der Waals surface area contributed by atoms with E-state index in [1.54, 1.807) is 13.3 Å². The molecule has 1 aromatic heterocycles. The van der Waals surface area contributed by atoms with Gasteiger partial charge in [0.1, 0.15) is 5.82 Å². The molecule has 1 aliphatic heterocycles. The van der Waals surface area contributed by atoms with E-state index in [1.165, 1.54) is 0 Å². The summed E-state index contributed by atoms with van der Waals surface area (Å²) in [5.41, 5.74) is 6.09. The van der Waals surface area contributed by atoms with Crippen LogP contribution >= 0.6 is 0 Å². The fourth-order valence-electron chi connectivity index (χ4n) is 3.04. The number of amides is 1. The molecule has 1 amide bonds. The van der Waals surface area contributed by atoms with E-state index in [-0.39, 0.29) is 11.4 Å². The molecule has 2 N–H and O–H groups in total. The van der Waals surface area contributed by atoms with E-state index in [0.717, 1.165) is 30.9 Å². The van der Waals surface area contributed by atoms with Gasteiger partial charge in [-0.05, 0) is 32.4 Å². The lowest BCUT2D eigenvalue weighted by Gasteiger charge is -2.37. The molecule has 1 fully saturated rings. The molecule has 1 aliphatic rings. The van der Waals surface area contributed by atoms with Gasteiger partial charge in [-0.2, -0.15) is 0 Å². The third-order valence-electron chi connectivity index (χ3n) is 3.84. The van der Waals surface area contributed by atoms with Crippen molar-refractivity contribution in [2.75, 3.05) is 20.3 Å². The summed E-state index contributed by atoms with van der Waals surface area (Å²) in [6.45, 7) is 4.01. The number of aromatic nitrogens is 2. The maximum absolute atomic E-state index is 11.4. The molecule has 0 saturated carbocycles. The average Bonchev–Trinajstić information content (AvgIpc) is 2.72. The minimum absolute atomic E-state index is 0.284. The molecule has 1 saturated heterocycles. The lowest BCUT2D eigenvalue weighted by Crippen LogP contribution is -2.49. The lowest BCUT2D eigenvalue weighted by molar-refractivity contribution is -0.121. The highest BCUT2D eigenvalue weighted by Gasteiger charge is 2.42. The number of hydrogen-bond acceptors (Lipinski definition) is 5. The summed E-state index contributed by atoms with van der Waals surface area (Å²) in [6.07, 6.45) is 4.05. The van der Waals surface area contributed by atoms with E-state index >= 15 is 0 Å². The minimum atomic E-state index is -0.292. The molecule has 0 spiro atoms. The Morgan fingerprint density at radius 1 is 1.60 bits per heavy atom. The van der Waals surface area contributed by atoms with E-state index < -0.39 is 0 Å². The van der Waals surface area contributed by atoms with Crippen LogP contribution < -0.4 is 5.73 Å². The van der Waals surface area contributed by atoms with E-state index in [2.05, 4.69) is 14.9 Å². The number of rotatable bonds is 6. The summed E-state index contributed by atoms with van der Waals surface area (Å²) in [5, 5.41) is 0. The number of nitrogens with two attached hydrogens (primary N) is 1. The molecule has 0 aliphatic carbocycles. The van der Waals surface area contributed by atoms with Crippen LogP contribution in [-0.4, -0.2) is 46.6 Å². The second kappa shape index (κ2) is 6.28. The summed E-state index contributed by atoms with van der Waals surface area (Å²) >= 11 is 0. The monoisotopic (exact) mass is 278 g/mol. The summed E-state index contributed by atoms with van der Waals surface area (Å²) in [4.78, 5) is 22.2. The zero-order valence-corrected chi connectivity index (χ0v) is 12.1. The Morgan fingerprint density at radius 3 is 3.05 bits per heavy atom. The highest BCUT2D eigenvalue weighted by molar-refractivity contribution is 5.75. The molecule has 20 heavy (non-hydrogen) atoms. The Hall–Kier alpha value is -1.53. The quantitative estimate of drug-likeness (QED) is 0.826. The SMILES string of the molecule is COC[C@@]1(CC(N)=O)CCCN1Cc1ccnc(C)n1. The predicted molar refractivity (Wildman–Crippen MR) is 74.8 cm³/mol. The third kappa shape index (κ3) is 3.32. The average molecular weight is 278 g/mol. The molecule has 110 valence electrons. The van der Waals surface area contributed by atoms with Crippen molar-refractivity contribution in [3.8, 4) is 0 Å². The Labute approximate surface area is 119 Å². The second-order valence-electron chi connectivity index (χ2n) is 5.42. The van der Waals surface area contributed by atoms with Crippen molar-refractivity contribution >= 4 is 5.91 Å². The minimum Gasteiger partial charge on any atom is -0.383 e. The van der Waals surface area contributed by atoms with Gasteiger partial charge in [0, 0.05) is 26.3 Å². The Balaban J connectivity index is 2.17. The van der Waals surface area contributed by atoms with Gasteiger partial charge in [0.15, 0.2) is 0 Å². The molecule has 1 atom stereocenters. The molecule has 0 bridgehead atoms. The summed E-state index contributed by atoms with van der Waals surface area (Å²) in [6, 6.07) is 1.91. The van der Waals surface area contributed by atoms with Crippen LogP contribution in [0.4, 0.5) is 0 Å². The van der Waals surface area contributed by atoms with Gasteiger partial charge in [-0.3, -0.25) is 9.69 Å². The first-order valence-electron chi connectivity index (χ1n) is 6.86. The van der Waals surface area contributed by atoms with Gasteiger partial charge in [0.25, 0.3) is 0 Å². The fourth-order valence-corrected chi connectivity index (χ4v) is 3.04. The van der Waals surface area contributed by atoms with Gasteiger partial charge in [-0.15, -0.1) is 0 Å². The largest absolute Gasteiger partial charge is 0.383 e. The topological polar surface area (TPSA) is 81.3 Å². The van der Waals surface area contributed by atoms with Crippen molar-refractivity contribution in [3.63, 3.8) is 0 Å². The van der Waals surface area contributed by atoms with Crippen molar-refractivity contribution in [2.24, 2.45) is 5.73 Å². The zero-order chi connectivity index (χ0) is 14.6. The molecule has 2 heterocycles. The van der Waals surface area contributed by atoms with Crippen LogP contribution in [0.1, 0.15) is 30.8 Å². The molecule has 6 nitrogen and oxygen atoms in total. The number of primary amides is 1. The standard InChI is InChI=1S/C14H22N4O2/c1-11-16-6-4-12(17-11)9-18-7-3-5-14(18,10-20-2)8-13(15)19/h4,6H,3,5,7-10H2,1-2H3,(H2,15,19)/t14-/m0/s1. The number of methoxy groups -OCH3 is 1. The first-order valence-corrected chi connectivity index (χ1v) is 6.86. The van der Waals surface area contributed by atoms with E-state index in [0.29, 0.717) is 19.6 Å². The Bertz CT molecular complexity index is 480. The van der Waals surface area contributed by atoms with Crippen LogP contribution in [0, 0.1) is 6.92 Å². The maximum atomic E-state index is 11.4. The van der Waals surface area contributed by atoms with Crippen molar-refractivity contribution in [1.82, 2.24) is 14.9 Å². The van der Waals surface area contributed by atoms with Gasteiger partial charge in [0.05, 0.1) is 17.8 Å². The molecule has 6 heteroatoms. The van der Waals surface area contributed by atoms with Crippen LogP contribution in [0.3, 0.4) is 0 Å². The van der Waals surface area contributed by atoms with Crippen LogP contribution in [-0.2, 0) is 16.1 Å². The van der Waals surface area contributed by atoms with Gasteiger partial charge in [0.2, 0.25) is 5.91 Å². The van der Waals surface area contributed by atoms with Gasteiger partial charge >= 0.3 is 0 Å². The van der Waals surface area contributed by atoms with E-state index in [4.69, 9.17) is 10.5 Å². The lowest BCUT2D eigenvalue weighted by atomic mass is 9.92. The van der Waals surface area contributed by atoms with Crippen molar-refractivity contribution in [1.29, 1.82) is 0 Å². The van der Waals surface area contributed by atoms with E-state index in [9.17, 15) is 4.79 Å². The van der Waals surface area contributed by atoms with Crippen molar-refractivity contribution in [3.05, 3.63) is 23.8 Å². The molecule has 0 unspecified atom stereocenters. The van der Waals surface area contributed by atoms with Gasteiger partial charge < -0.3 is 10.5 Å². The number of ether oxygens (including phenoxy) is 1. The zero-order valence-electron chi connectivity index (χ0n) is 12.1. The third-order valence-corrected chi connectivity index (χ3v) is 3.84. The second-order valence-corrected chi connectivity index (χ2v) is 5.42. The van der Waals surface area contributed by atoms with Crippen LogP contribution in [0.2, 0.25) is 0 Å². The number of nitrogens with zero attached hydrogens (tertiary/aromatic N) is 3. The first-order chi connectivity index (χ1) is 9.55. The molecule has 2 rings (SSSR count). The number of likely N-dealkylation sites (tertiary alicyclic amines) is 1. The van der Waals surface area contributed by atoms with E-state index in [1.807, 2.05) is 13.0 Å². The van der Waals surface area contributed by atoms with Crippen LogP contribution in [0.25, 0.3) is 0 Å². The fraction of sp³-hybridized carbons (Fsp3) is 0.643. The molecule has 0 aromatic carbocycles. The number of aryl methyl sites for hydroxylation is 1. The summed E-state index contributed by atoms with van der Waals surface area (Å²) in [7, 11) is 1.66. The number of hydrogen-bond donors (Lipinski definition) is 1. The maximum Gasteiger partial charge on any atom is 0.219 e. The normalized spacial score (nSPS) is 23.1. The smallest absolute Gasteiger partial charge is 0.219 e. The van der Waals surface area contributed by atoms with Crippen LogP contribution in [0.15, 0.2) is 12.3 Å². The van der Waals surface area contributed by atoms with Gasteiger partial charge in [-0.25, -0.2) is 9.97 Å².